The van der Waals surface area contributed by atoms with Crippen molar-refractivity contribution in [3.63, 3.8) is 0 Å². The van der Waals surface area contributed by atoms with E-state index in [0.29, 0.717) is 18.7 Å². The number of ether oxygens (including phenoxy) is 1. The first kappa shape index (κ1) is 20.8. The van der Waals surface area contributed by atoms with E-state index in [4.69, 9.17) is 4.74 Å². The molecule has 0 aliphatic carbocycles. The average Bonchev–Trinajstić information content (AvgIpc) is 2.97. The van der Waals surface area contributed by atoms with E-state index in [2.05, 4.69) is 15.4 Å². The van der Waals surface area contributed by atoms with E-state index >= 15 is 0 Å². The summed E-state index contributed by atoms with van der Waals surface area (Å²) in [5.41, 5.74) is 3.77. The topological polar surface area (TPSA) is 89.4 Å². The van der Waals surface area contributed by atoms with Crippen LogP contribution in [0.1, 0.15) is 43.4 Å². The van der Waals surface area contributed by atoms with E-state index in [-0.39, 0.29) is 18.4 Å². The van der Waals surface area contributed by atoms with Gasteiger partial charge < -0.3 is 10.1 Å². The summed E-state index contributed by atoms with van der Waals surface area (Å²) >= 11 is 0. The van der Waals surface area contributed by atoms with Gasteiger partial charge in [0, 0.05) is 37.9 Å². The van der Waals surface area contributed by atoms with Crippen LogP contribution in [0.3, 0.4) is 0 Å². The molecule has 2 amide bonds. The maximum Gasteiger partial charge on any atom is 0.414 e. The Kier molecular flexibility index (Phi) is 5.64. The van der Waals surface area contributed by atoms with Gasteiger partial charge >= 0.3 is 6.09 Å². The molecular weight excluding hydrogens is 370 g/mol. The summed E-state index contributed by atoms with van der Waals surface area (Å²) in [6.07, 6.45) is 1.70. The SMILES string of the molecule is Cc1cc(CNC(=O)C2Cc3c(cnn3C)N(C(=O)OC(C)(C)C)C2)cc(C)n1. The third kappa shape index (κ3) is 4.93. The number of amides is 2. The molecule has 29 heavy (non-hydrogen) atoms. The molecule has 1 unspecified atom stereocenters. The van der Waals surface area contributed by atoms with Gasteiger partial charge in [0.1, 0.15) is 5.60 Å². The fourth-order valence-electron chi connectivity index (χ4n) is 3.55. The van der Waals surface area contributed by atoms with Gasteiger partial charge in [-0.15, -0.1) is 0 Å². The van der Waals surface area contributed by atoms with Crippen LogP contribution in [0.4, 0.5) is 10.5 Å². The van der Waals surface area contributed by atoms with Crippen LogP contribution in [-0.2, 0) is 29.5 Å². The number of pyridine rings is 1. The Morgan fingerprint density at radius 1 is 1.24 bits per heavy atom. The molecule has 0 bridgehead atoms. The molecule has 1 atom stereocenters. The highest BCUT2D eigenvalue weighted by Crippen LogP contribution is 2.30. The molecule has 0 fully saturated rings. The van der Waals surface area contributed by atoms with Crippen molar-refractivity contribution in [3.05, 3.63) is 41.0 Å². The second kappa shape index (κ2) is 7.85. The molecule has 0 saturated heterocycles. The number of aromatic nitrogens is 3. The van der Waals surface area contributed by atoms with Gasteiger partial charge in [-0.25, -0.2) is 4.79 Å². The number of rotatable bonds is 3. The van der Waals surface area contributed by atoms with Crippen molar-refractivity contribution in [3.8, 4) is 0 Å². The summed E-state index contributed by atoms with van der Waals surface area (Å²) in [5.74, 6) is -0.480. The number of nitrogens with one attached hydrogen (secondary N) is 1. The Morgan fingerprint density at radius 2 is 1.90 bits per heavy atom. The summed E-state index contributed by atoms with van der Waals surface area (Å²) in [6.45, 7) is 10.0. The lowest BCUT2D eigenvalue weighted by atomic mass is 9.96. The number of hydrogen-bond acceptors (Lipinski definition) is 5. The van der Waals surface area contributed by atoms with E-state index in [1.165, 1.54) is 4.90 Å². The molecule has 1 aliphatic rings. The molecule has 1 N–H and O–H groups in total. The lowest BCUT2D eigenvalue weighted by Crippen LogP contribution is -2.47. The number of aryl methyl sites for hydroxylation is 3. The van der Waals surface area contributed by atoms with Crippen molar-refractivity contribution < 1.29 is 14.3 Å². The Hall–Kier alpha value is -2.90. The quantitative estimate of drug-likeness (QED) is 0.857. The zero-order valence-corrected chi connectivity index (χ0v) is 17.9. The average molecular weight is 399 g/mol. The molecule has 8 nitrogen and oxygen atoms in total. The summed E-state index contributed by atoms with van der Waals surface area (Å²) in [4.78, 5) is 31.5. The molecular formula is C21H29N5O3. The fraction of sp³-hybridized carbons (Fsp3) is 0.524. The minimum atomic E-state index is -0.619. The third-order valence-electron chi connectivity index (χ3n) is 4.77. The molecule has 0 saturated carbocycles. The van der Waals surface area contributed by atoms with Crippen LogP contribution >= 0.6 is 0 Å². The summed E-state index contributed by atoms with van der Waals surface area (Å²) in [7, 11) is 1.81. The molecule has 0 radical (unpaired) electrons. The Bertz CT molecular complexity index is 909. The first-order chi connectivity index (χ1) is 13.5. The van der Waals surface area contributed by atoms with Crippen molar-refractivity contribution in [2.45, 2.75) is 53.2 Å². The lowest BCUT2D eigenvalue weighted by Gasteiger charge is -2.33. The molecule has 0 aromatic carbocycles. The van der Waals surface area contributed by atoms with Gasteiger partial charge in [0.2, 0.25) is 5.91 Å². The van der Waals surface area contributed by atoms with E-state index in [1.807, 2.05) is 53.8 Å². The van der Waals surface area contributed by atoms with Crippen molar-refractivity contribution in [1.29, 1.82) is 0 Å². The molecule has 3 rings (SSSR count). The number of carbonyl (C=O) groups is 2. The maximum atomic E-state index is 12.9. The Labute approximate surface area is 171 Å². The van der Waals surface area contributed by atoms with Crippen LogP contribution in [0.25, 0.3) is 0 Å². The van der Waals surface area contributed by atoms with Crippen LogP contribution in [0, 0.1) is 19.8 Å². The third-order valence-corrected chi connectivity index (χ3v) is 4.77. The van der Waals surface area contributed by atoms with E-state index in [0.717, 1.165) is 22.6 Å². The van der Waals surface area contributed by atoms with E-state index in [1.54, 1.807) is 10.9 Å². The molecule has 156 valence electrons. The van der Waals surface area contributed by atoms with Crippen molar-refractivity contribution in [2.75, 3.05) is 11.4 Å². The smallest absolute Gasteiger partial charge is 0.414 e. The lowest BCUT2D eigenvalue weighted by molar-refractivity contribution is -0.125. The Balaban J connectivity index is 1.75. The summed E-state index contributed by atoms with van der Waals surface area (Å²) in [5, 5.41) is 7.26. The van der Waals surface area contributed by atoms with Crippen LogP contribution in [0.15, 0.2) is 18.3 Å². The van der Waals surface area contributed by atoms with Crippen LogP contribution in [-0.4, -0.2) is 38.9 Å². The Morgan fingerprint density at radius 3 is 2.52 bits per heavy atom. The second-order valence-corrected chi connectivity index (χ2v) is 8.57. The number of hydrogen-bond donors (Lipinski definition) is 1. The number of nitrogens with zero attached hydrogens (tertiary/aromatic N) is 4. The molecule has 2 aromatic heterocycles. The van der Waals surface area contributed by atoms with Gasteiger partial charge in [-0.2, -0.15) is 5.10 Å². The highest BCUT2D eigenvalue weighted by atomic mass is 16.6. The first-order valence-corrected chi connectivity index (χ1v) is 9.77. The highest BCUT2D eigenvalue weighted by Gasteiger charge is 2.36. The van der Waals surface area contributed by atoms with Gasteiger partial charge in [-0.1, -0.05) is 0 Å². The summed E-state index contributed by atoms with van der Waals surface area (Å²) in [6, 6.07) is 3.92. The molecule has 0 spiro atoms. The van der Waals surface area contributed by atoms with Crippen molar-refractivity contribution >= 4 is 17.7 Å². The number of anilines is 1. The van der Waals surface area contributed by atoms with Crippen LogP contribution < -0.4 is 10.2 Å². The van der Waals surface area contributed by atoms with Gasteiger partial charge in [-0.3, -0.25) is 19.4 Å². The minimum absolute atomic E-state index is 0.0995. The van der Waals surface area contributed by atoms with Gasteiger partial charge in [0.25, 0.3) is 0 Å². The fourth-order valence-corrected chi connectivity index (χ4v) is 3.55. The van der Waals surface area contributed by atoms with Crippen LogP contribution in [0.5, 0.6) is 0 Å². The van der Waals surface area contributed by atoms with E-state index in [9.17, 15) is 9.59 Å². The molecule has 1 aliphatic heterocycles. The molecule has 8 heteroatoms. The molecule has 3 heterocycles. The highest BCUT2D eigenvalue weighted by molar-refractivity contribution is 5.91. The van der Waals surface area contributed by atoms with E-state index < -0.39 is 11.7 Å². The zero-order chi connectivity index (χ0) is 21.3. The van der Waals surface area contributed by atoms with Gasteiger partial charge in [0.15, 0.2) is 0 Å². The minimum Gasteiger partial charge on any atom is -0.443 e. The van der Waals surface area contributed by atoms with Gasteiger partial charge in [-0.05, 0) is 52.3 Å². The predicted molar refractivity (Wildman–Crippen MR) is 110 cm³/mol. The first-order valence-electron chi connectivity index (χ1n) is 9.77. The summed E-state index contributed by atoms with van der Waals surface area (Å²) < 4.78 is 7.25. The van der Waals surface area contributed by atoms with Crippen LogP contribution in [0.2, 0.25) is 0 Å². The van der Waals surface area contributed by atoms with Crippen molar-refractivity contribution in [1.82, 2.24) is 20.1 Å². The normalized spacial score (nSPS) is 16.3. The predicted octanol–water partition coefficient (Wildman–Crippen LogP) is 2.66. The molecule has 2 aromatic rings. The second-order valence-electron chi connectivity index (χ2n) is 8.57. The van der Waals surface area contributed by atoms with Gasteiger partial charge in [0.05, 0.1) is 23.5 Å². The standard InChI is InChI=1S/C21H29N5O3/c1-13-7-15(8-14(2)24-13)10-22-19(27)16-9-17-18(11-23-25(17)6)26(12-16)20(28)29-21(3,4)5/h7-8,11,16H,9-10,12H2,1-6H3,(H,22,27). The largest absolute Gasteiger partial charge is 0.443 e. The van der Waals surface area contributed by atoms with Crippen molar-refractivity contribution in [2.24, 2.45) is 13.0 Å². The zero-order valence-electron chi connectivity index (χ0n) is 17.9. The number of fused-ring (bicyclic) bond motifs is 1. The maximum absolute atomic E-state index is 12.9. The monoisotopic (exact) mass is 399 g/mol. The number of carbonyl (C=O) groups excluding carboxylic acids is 2.